The van der Waals surface area contributed by atoms with Gasteiger partial charge in [0.2, 0.25) is 16.9 Å². The number of nitrogens with zero attached hydrogens (tertiary/aromatic N) is 2. The van der Waals surface area contributed by atoms with Crippen molar-refractivity contribution >= 4 is 39.9 Å². The average Bonchev–Trinajstić information content (AvgIpc) is 3.07. The Balaban J connectivity index is 2.12. The Morgan fingerprint density at radius 2 is 1.96 bits per heavy atom. The van der Waals surface area contributed by atoms with E-state index >= 15 is 0 Å². The minimum absolute atomic E-state index is 0.0430. The van der Waals surface area contributed by atoms with Gasteiger partial charge in [-0.25, -0.2) is 0 Å². The van der Waals surface area contributed by atoms with E-state index in [1.54, 1.807) is 6.92 Å². The number of rotatable bonds is 7. The van der Waals surface area contributed by atoms with Gasteiger partial charge in [0.25, 0.3) is 0 Å². The summed E-state index contributed by atoms with van der Waals surface area (Å²) >= 11 is 7.10. The van der Waals surface area contributed by atoms with Crippen LogP contribution in [-0.2, 0) is 9.59 Å². The van der Waals surface area contributed by atoms with Gasteiger partial charge < -0.3 is 5.32 Å². The van der Waals surface area contributed by atoms with Gasteiger partial charge in [-0.2, -0.15) is 0 Å². The first-order valence-electron chi connectivity index (χ1n) is 8.47. The number of halogens is 1. The highest BCUT2D eigenvalue weighted by Crippen LogP contribution is 2.27. The van der Waals surface area contributed by atoms with Crippen molar-refractivity contribution < 1.29 is 9.59 Å². The molecular formula is C18H23ClN4O2S. The van der Waals surface area contributed by atoms with Crippen LogP contribution in [0.1, 0.15) is 32.8 Å². The third-order valence-corrected chi connectivity index (χ3v) is 5.16. The lowest BCUT2D eigenvalue weighted by Crippen LogP contribution is -2.49. The van der Waals surface area contributed by atoms with Crippen LogP contribution in [0.2, 0.25) is 0 Å². The highest BCUT2D eigenvalue weighted by Gasteiger charge is 2.28. The normalized spacial score (nSPS) is 14.3. The van der Waals surface area contributed by atoms with Gasteiger partial charge in [0.15, 0.2) is 0 Å². The lowest BCUT2D eigenvalue weighted by molar-refractivity contribution is -0.127. The highest BCUT2D eigenvalue weighted by atomic mass is 35.5. The molecule has 6 nitrogen and oxygen atoms in total. The summed E-state index contributed by atoms with van der Waals surface area (Å²) in [5.74, 6) is -0.736. The third kappa shape index (κ3) is 5.25. The van der Waals surface area contributed by atoms with E-state index in [1.807, 2.05) is 45.0 Å². The monoisotopic (exact) mass is 394 g/mol. The van der Waals surface area contributed by atoms with Gasteiger partial charge in [-0.15, -0.1) is 21.8 Å². The first kappa shape index (κ1) is 20.3. The number of aromatic nitrogens is 2. The van der Waals surface area contributed by atoms with Crippen molar-refractivity contribution in [1.29, 1.82) is 0 Å². The molecule has 8 heteroatoms. The number of amides is 2. The molecule has 1 aromatic heterocycles. The number of anilines is 1. The fraction of sp³-hybridized carbons (Fsp3) is 0.444. The molecule has 1 heterocycles. The number of aryl methyl sites for hydroxylation is 1. The van der Waals surface area contributed by atoms with E-state index in [1.165, 1.54) is 11.3 Å². The van der Waals surface area contributed by atoms with E-state index in [0.29, 0.717) is 5.13 Å². The maximum atomic E-state index is 12.6. The summed E-state index contributed by atoms with van der Waals surface area (Å²) in [5, 5.41) is 14.1. The molecule has 0 fully saturated rings. The van der Waals surface area contributed by atoms with Gasteiger partial charge in [0.05, 0.1) is 0 Å². The topological polar surface area (TPSA) is 84.0 Å². The van der Waals surface area contributed by atoms with Crippen molar-refractivity contribution in [2.24, 2.45) is 5.92 Å². The van der Waals surface area contributed by atoms with Gasteiger partial charge in [0, 0.05) is 5.56 Å². The molecule has 2 aromatic rings. The van der Waals surface area contributed by atoms with Crippen LogP contribution in [0.5, 0.6) is 0 Å². The van der Waals surface area contributed by atoms with Crippen LogP contribution >= 0.6 is 22.9 Å². The Hall–Kier alpha value is -1.99. The second kappa shape index (κ2) is 9.09. The Morgan fingerprint density at radius 1 is 1.23 bits per heavy atom. The molecule has 0 aliphatic rings. The first-order chi connectivity index (χ1) is 12.3. The van der Waals surface area contributed by atoms with Crippen LogP contribution in [0.15, 0.2) is 24.3 Å². The molecule has 140 valence electrons. The van der Waals surface area contributed by atoms with E-state index in [4.69, 9.17) is 11.6 Å². The van der Waals surface area contributed by atoms with Crippen LogP contribution in [-0.4, -0.2) is 33.4 Å². The minimum atomic E-state index is -0.705. The van der Waals surface area contributed by atoms with Crippen LogP contribution in [0.4, 0.5) is 5.13 Å². The van der Waals surface area contributed by atoms with Crippen molar-refractivity contribution in [3.05, 3.63) is 29.8 Å². The summed E-state index contributed by atoms with van der Waals surface area (Å²) in [4.78, 5) is 24.5. The highest BCUT2D eigenvalue weighted by molar-refractivity contribution is 7.18. The van der Waals surface area contributed by atoms with Crippen LogP contribution in [0.3, 0.4) is 0 Å². The first-order valence-corrected chi connectivity index (χ1v) is 9.73. The fourth-order valence-electron chi connectivity index (χ4n) is 2.32. The number of carbonyl (C=O) groups is 2. The number of carbonyl (C=O) groups excluding carboxylic acids is 2. The predicted octanol–water partition coefficient (Wildman–Crippen LogP) is 3.61. The standard InChI is InChI=1S/C18H23ClN4O2S/c1-5-11(3)14(20-15(24)12(4)19)16(25)21-18-23-22-17(26-18)13-8-6-7-10(2)9-13/h6-9,11-12,14H,5H2,1-4H3,(H,20,24)(H,21,23,25)/t11-,12-,14-/m1/s1. The van der Waals surface area contributed by atoms with E-state index in [2.05, 4.69) is 20.8 Å². The lowest BCUT2D eigenvalue weighted by atomic mass is 9.98. The smallest absolute Gasteiger partial charge is 0.249 e. The maximum Gasteiger partial charge on any atom is 0.249 e. The number of nitrogens with one attached hydrogen (secondary N) is 2. The molecule has 0 aliphatic heterocycles. The van der Waals surface area contributed by atoms with Gasteiger partial charge in [0.1, 0.15) is 16.4 Å². The SMILES string of the molecule is CC[C@@H](C)[C@@H](NC(=O)[C@@H](C)Cl)C(=O)Nc1nnc(-c2cccc(C)c2)s1. The van der Waals surface area contributed by atoms with Gasteiger partial charge in [-0.05, 0) is 25.8 Å². The van der Waals surface area contributed by atoms with Crippen LogP contribution in [0, 0.1) is 12.8 Å². The average molecular weight is 395 g/mol. The molecule has 0 bridgehead atoms. The van der Waals surface area contributed by atoms with Crippen LogP contribution < -0.4 is 10.6 Å². The lowest BCUT2D eigenvalue weighted by Gasteiger charge is -2.23. The van der Waals surface area contributed by atoms with Crippen molar-refractivity contribution in [3.8, 4) is 10.6 Å². The maximum absolute atomic E-state index is 12.6. The summed E-state index contributed by atoms with van der Waals surface area (Å²) in [5.41, 5.74) is 2.07. The molecule has 0 unspecified atom stereocenters. The molecule has 0 aliphatic carbocycles. The summed E-state index contributed by atoms with van der Waals surface area (Å²) in [6.07, 6.45) is 0.736. The molecule has 2 amide bonds. The summed E-state index contributed by atoms with van der Waals surface area (Å²) in [6.45, 7) is 7.44. The van der Waals surface area contributed by atoms with E-state index in [-0.39, 0.29) is 17.7 Å². The van der Waals surface area contributed by atoms with Crippen molar-refractivity contribution in [1.82, 2.24) is 15.5 Å². The van der Waals surface area contributed by atoms with E-state index < -0.39 is 11.4 Å². The quantitative estimate of drug-likeness (QED) is 0.702. The Bertz CT molecular complexity index is 778. The molecular weight excluding hydrogens is 372 g/mol. The number of hydrogen-bond donors (Lipinski definition) is 2. The Kier molecular flexibility index (Phi) is 7.11. The molecule has 0 saturated carbocycles. The van der Waals surface area contributed by atoms with Crippen molar-refractivity contribution in [3.63, 3.8) is 0 Å². The molecule has 3 atom stereocenters. The number of benzene rings is 1. The van der Waals surface area contributed by atoms with Crippen LogP contribution in [0.25, 0.3) is 10.6 Å². The minimum Gasteiger partial charge on any atom is -0.343 e. The van der Waals surface area contributed by atoms with Gasteiger partial charge in [-0.1, -0.05) is 55.4 Å². The van der Waals surface area contributed by atoms with E-state index in [9.17, 15) is 9.59 Å². The zero-order valence-corrected chi connectivity index (χ0v) is 16.8. The molecule has 2 N–H and O–H groups in total. The van der Waals surface area contributed by atoms with Gasteiger partial charge in [-0.3, -0.25) is 14.9 Å². The van der Waals surface area contributed by atoms with Gasteiger partial charge >= 0.3 is 0 Å². The summed E-state index contributed by atoms with van der Waals surface area (Å²) in [7, 11) is 0. The molecule has 2 rings (SSSR count). The molecule has 0 radical (unpaired) electrons. The summed E-state index contributed by atoms with van der Waals surface area (Å²) in [6, 6.07) is 7.23. The second-order valence-corrected chi connectivity index (χ2v) is 7.89. The third-order valence-electron chi connectivity index (χ3n) is 4.07. The fourth-order valence-corrected chi connectivity index (χ4v) is 3.13. The number of hydrogen-bond acceptors (Lipinski definition) is 5. The molecule has 0 saturated heterocycles. The molecule has 26 heavy (non-hydrogen) atoms. The second-order valence-electron chi connectivity index (χ2n) is 6.26. The molecule has 0 spiro atoms. The van der Waals surface area contributed by atoms with Crippen molar-refractivity contribution in [2.45, 2.75) is 45.5 Å². The zero-order valence-electron chi connectivity index (χ0n) is 15.2. The molecule has 1 aromatic carbocycles. The largest absolute Gasteiger partial charge is 0.343 e. The number of alkyl halides is 1. The summed E-state index contributed by atoms with van der Waals surface area (Å²) < 4.78 is 0. The predicted molar refractivity (Wildman–Crippen MR) is 105 cm³/mol. The van der Waals surface area contributed by atoms with E-state index in [0.717, 1.165) is 22.6 Å². The Morgan fingerprint density at radius 3 is 2.58 bits per heavy atom. The van der Waals surface area contributed by atoms with Crippen molar-refractivity contribution in [2.75, 3.05) is 5.32 Å². The Labute approximate surface area is 162 Å². The zero-order chi connectivity index (χ0) is 19.3.